The molecule has 1 atom stereocenters. The average Bonchev–Trinajstić information content (AvgIpc) is 2.98. The second-order valence-corrected chi connectivity index (χ2v) is 9.53. The second kappa shape index (κ2) is 9.33. The minimum Gasteiger partial charge on any atom is -0.428 e. The maximum Gasteiger partial charge on any atom is 0.534 e. The van der Waals surface area contributed by atoms with Gasteiger partial charge in [0.2, 0.25) is 0 Å². The monoisotopic (exact) mass is 458 g/mol. The Morgan fingerprint density at radius 3 is 2.47 bits per heavy atom. The van der Waals surface area contributed by atoms with Crippen LogP contribution in [0.15, 0.2) is 34.3 Å². The lowest BCUT2D eigenvalue weighted by Crippen LogP contribution is -2.43. The number of halogens is 1. The number of imide groups is 1. The first-order chi connectivity index (χ1) is 14.0. The van der Waals surface area contributed by atoms with Gasteiger partial charge in [0.05, 0.1) is 15.7 Å². The quantitative estimate of drug-likeness (QED) is 0.190. The minimum atomic E-state index is -4.04. The number of hydrogen-bond acceptors (Lipinski definition) is 8. The zero-order chi connectivity index (χ0) is 22.5. The van der Waals surface area contributed by atoms with Crippen LogP contribution in [0.3, 0.4) is 0 Å². The minimum absolute atomic E-state index is 0.0139. The van der Waals surface area contributed by atoms with E-state index in [-0.39, 0.29) is 34.4 Å². The molecule has 0 radical (unpaired) electrons. The van der Waals surface area contributed by atoms with E-state index in [0.29, 0.717) is 0 Å². The predicted octanol–water partition coefficient (Wildman–Crippen LogP) is 3.04. The van der Waals surface area contributed by atoms with Crippen molar-refractivity contribution in [2.24, 2.45) is 10.5 Å². The normalized spacial score (nSPS) is 15.5. The van der Waals surface area contributed by atoms with Gasteiger partial charge in [0.15, 0.2) is 9.84 Å². The van der Waals surface area contributed by atoms with E-state index in [2.05, 4.69) is 14.9 Å². The van der Waals surface area contributed by atoms with Gasteiger partial charge < -0.3 is 4.74 Å². The molecular weight excluding hydrogens is 440 g/mol. The fourth-order valence-corrected chi connectivity index (χ4v) is 4.83. The molecule has 0 spiro atoms. The van der Waals surface area contributed by atoms with Crippen LogP contribution in [0.5, 0.6) is 0 Å². The predicted molar refractivity (Wildman–Crippen MR) is 104 cm³/mol. The van der Waals surface area contributed by atoms with Gasteiger partial charge in [-0.1, -0.05) is 47.8 Å². The highest BCUT2D eigenvalue weighted by Gasteiger charge is 2.40. The number of amides is 2. The Hall–Kier alpha value is -2.82. The lowest BCUT2D eigenvalue weighted by atomic mass is 9.87. The van der Waals surface area contributed by atoms with Crippen LogP contribution in [0.4, 0.5) is 4.79 Å². The molecule has 1 aliphatic rings. The molecule has 30 heavy (non-hydrogen) atoms. The first kappa shape index (κ1) is 23.5. The third kappa shape index (κ3) is 5.62. The molecule has 1 aromatic carbocycles. The largest absolute Gasteiger partial charge is 0.534 e. The lowest BCUT2D eigenvalue weighted by molar-refractivity contribution is -0.179. The van der Waals surface area contributed by atoms with Gasteiger partial charge in [-0.2, -0.15) is 0 Å². The smallest absolute Gasteiger partial charge is 0.428 e. The zero-order valence-electron chi connectivity index (χ0n) is 16.1. The summed E-state index contributed by atoms with van der Waals surface area (Å²) in [4.78, 5) is 42.5. The summed E-state index contributed by atoms with van der Waals surface area (Å²) in [6.45, 7) is 2.84. The fraction of sp³-hybridized carbons (Fsp3) is 0.471. The summed E-state index contributed by atoms with van der Waals surface area (Å²) in [7, 11) is -4.04. The van der Waals surface area contributed by atoms with Gasteiger partial charge in [-0.15, -0.1) is 0 Å². The molecule has 0 aliphatic carbocycles. The van der Waals surface area contributed by atoms with E-state index in [1.165, 1.54) is 32.0 Å². The molecule has 1 aliphatic heterocycles. The topological polar surface area (TPSA) is 156 Å². The van der Waals surface area contributed by atoms with Crippen LogP contribution < -0.4 is 0 Å². The van der Waals surface area contributed by atoms with Crippen LogP contribution in [0.25, 0.3) is 10.4 Å². The summed E-state index contributed by atoms with van der Waals surface area (Å²) in [6, 6.07) is 5.74. The van der Waals surface area contributed by atoms with Gasteiger partial charge in [-0.25, -0.2) is 13.2 Å². The molecule has 2 amide bonds. The van der Waals surface area contributed by atoms with Crippen molar-refractivity contribution < 1.29 is 32.4 Å². The third-order valence-corrected chi connectivity index (χ3v) is 6.58. The van der Waals surface area contributed by atoms with Crippen LogP contribution in [-0.4, -0.2) is 49.9 Å². The van der Waals surface area contributed by atoms with Crippen molar-refractivity contribution in [3.63, 3.8) is 0 Å². The van der Waals surface area contributed by atoms with E-state index in [9.17, 15) is 22.8 Å². The summed E-state index contributed by atoms with van der Waals surface area (Å²) in [5.41, 5.74) is 7.46. The molecule has 1 heterocycles. The Bertz CT molecular complexity index is 989. The molecule has 11 nitrogen and oxygen atoms in total. The van der Waals surface area contributed by atoms with Crippen LogP contribution in [0.1, 0.15) is 26.7 Å². The van der Waals surface area contributed by atoms with Crippen molar-refractivity contribution in [1.82, 2.24) is 5.06 Å². The number of rotatable bonds is 8. The molecule has 0 aromatic heterocycles. The van der Waals surface area contributed by atoms with E-state index in [4.69, 9.17) is 21.9 Å². The highest BCUT2D eigenvalue weighted by atomic mass is 35.5. The van der Waals surface area contributed by atoms with Gasteiger partial charge >= 0.3 is 6.16 Å². The number of nitrogens with zero attached hydrogens (tertiary/aromatic N) is 4. The maximum absolute atomic E-state index is 12.9. The Balaban J connectivity index is 2.27. The number of hydrogen-bond donors (Lipinski definition) is 0. The number of azide groups is 1. The highest BCUT2D eigenvalue weighted by molar-refractivity contribution is 7.91. The number of benzene rings is 1. The molecule has 1 saturated heterocycles. The van der Waals surface area contributed by atoms with Crippen molar-refractivity contribution in [1.29, 1.82) is 0 Å². The second-order valence-electron chi connectivity index (χ2n) is 7.12. The van der Waals surface area contributed by atoms with Crippen LogP contribution in [0.2, 0.25) is 5.02 Å². The lowest BCUT2D eigenvalue weighted by Gasteiger charge is -2.32. The van der Waals surface area contributed by atoms with Gasteiger partial charge in [0, 0.05) is 29.7 Å². The van der Waals surface area contributed by atoms with E-state index in [0.717, 1.165) is 0 Å². The van der Waals surface area contributed by atoms with E-state index in [1.54, 1.807) is 6.07 Å². The Morgan fingerprint density at radius 1 is 1.30 bits per heavy atom. The summed E-state index contributed by atoms with van der Waals surface area (Å²) in [5, 5.41) is 3.69. The fourth-order valence-electron chi connectivity index (χ4n) is 2.59. The van der Waals surface area contributed by atoms with Crippen LogP contribution >= 0.6 is 11.6 Å². The van der Waals surface area contributed by atoms with Crippen molar-refractivity contribution in [3.05, 3.63) is 39.7 Å². The van der Waals surface area contributed by atoms with Crippen LogP contribution in [-0.2, 0) is 29.0 Å². The Labute approximate surface area is 177 Å². The molecular formula is C17H19ClN4O7S. The number of carbonyl (C=O) groups excluding carboxylic acids is 3. The first-order valence-corrected chi connectivity index (χ1v) is 10.7. The first-order valence-electron chi connectivity index (χ1n) is 8.70. The number of ether oxygens (including phenoxy) is 1. The van der Waals surface area contributed by atoms with Crippen LogP contribution in [0, 0.1) is 5.41 Å². The Morgan fingerprint density at radius 2 is 1.90 bits per heavy atom. The standard InChI is InChI=1S/C17H19ClN4O7S/c1-17(2,10-20-21-19)13(9-30(26,27)12-6-4-3-5-11(12)18)28-16(25)29-22-14(23)7-8-15(22)24/h3-6,13H,7-10H2,1-2H3. The number of hydroxylamine groups is 2. The van der Waals surface area contributed by atoms with Gasteiger partial charge in [-0.3, -0.25) is 14.4 Å². The molecule has 0 bridgehead atoms. The zero-order valence-corrected chi connectivity index (χ0v) is 17.7. The number of sulfone groups is 1. The Kier molecular flexibility index (Phi) is 7.30. The maximum atomic E-state index is 12.9. The molecule has 0 N–H and O–H groups in total. The number of carbonyl (C=O) groups is 3. The van der Waals surface area contributed by atoms with Crippen molar-refractivity contribution >= 4 is 39.4 Å². The van der Waals surface area contributed by atoms with Crippen molar-refractivity contribution in [2.75, 3.05) is 12.3 Å². The summed E-state index contributed by atoms with van der Waals surface area (Å²) < 4.78 is 30.9. The molecule has 0 saturated carbocycles. The van der Waals surface area contributed by atoms with Gasteiger partial charge in [0.25, 0.3) is 11.8 Å². The van der Waals surface area contributed by atoms with Crippen molar-refractivity contribution in [3.8, 4) is 0 Å². The third-order valence-electron chi connectivity index (χ3n) is 4.37. The summed E-state index contributed by atoms with van der Waals surface area (Å²) in [6.07, 6.45) is -3.02. The SMILES string of the molecule is CC(C)(CN=[N+]=[N-])C(CS(=O)(=O)c1ccccc1Cl)OC(=O)ON1C(=O)CCC1=O. The van der Waals surface area contributed by atoms with Crippen molar-refractivity contribution in [2.45, 2.75) is 37.7 Å². The summed E-state index contributed by atoms with van der Waals surface area (Å²) >= 11 is 5.98. The van der Waals surface area contributed by atoms with E-state index in [1.807, 2.05) is 0 Å². The van der Waals surface area contributed by atoms with Gasteiger partial charge in [0.1, 0.15) is 6.10 Å². The molecule has 2 rings (SSSR count). The van der Waals surface area contributed by atoms with Gasteiger partial charge in [-0.05, 0) is 17.7 Å². The molecule has 1 aromatic rings. The average molecular weight is 459 g/mol. The molecule has 1 unspecified atom stereocenters. The summed E-state index contributed by atoms with van der Waals surface area (Å²) in [5.74, 6) is -2.14. The highest BCUT2D eigenvalue weighted by Crippen LogP contribution is 2.30. The van der Waals surface area contributed by atoms with E-state index < -0.39 is 45.1 Å². The van der Waals surface area contributed by atoms with E-state index >= 15 is 0 Å². The molecule has 13 heteroatoms. The molecule has 162 valence electrons. The molecule has 1 fully saturated rings.